The molecule has 2 rings (SSSR count). The number of hydrogen-bond donors (Lipinski definition) is 1. The van der Waals surface area contributed by atoms with Crippen LogP contribution in [0.3, 0.4) is 0 Å². The van der Waals surface area contributed by atoms with Gasteiger partial charge in [0, 0.05) is 12.6 Å². The summed E-state index contributed by atoms with van der Waals surface area (Å²) in [5.74, 6) is -0.280. The molecule has 1 N–H and O–H groups in total. The van der Waals surface area contributed by atoms with Crippen molar-refractivity contribution in [2.75, 3.05) is 19.7 Å². The van der Waals surface area contributed by atoms with Crippen LogP contribution in [0, 0.1) is 0 Å². The molecule has 116 valence electrons. The predicted octanol–water partition coefficient (Wildman–Crippen LogP) is 3.42. The van der Waals surface area contributed by atoms with E-state index in [2.05, 4.69) is 11.8 Å². The van der Waals surface area contributed by atoms with Crippen LogP contribution in [0.15, 0.2) is 24.3 Å². The van der Waals surface area contributed by atoms with Crippen LogP contribution in [-0.2, 0) is 0 Å². The van der Waals surface area contributed by atoms with Gasteiger partial charge in [-0.2, -0.15) is 0 Å². The smallest absolute Gasteiger partial charge is 0.335 e. The maximum atomic E-state index is 10.9. The fourth-order valence-corrected chi connectivity index (χ4v) is 3.04. The molecule has 0 atom stereocenters. The largest absolute Gasteiger partial charge is 0.494 e. The Hall–Kier alpha value is -1.55. The molecular formula is C17H25NO3. The van der Waals surface area contributed by atoms with E-state index >= 15 is 0 Å². The zero-order valence-electron chi connectivity index (χ0n) is 12.8. The van der Waals surface area contributed by atoms with Crippen LogP contribution in [-0.4, -0.2) is 41.7 Å². The van der Waals surface area contributed by atoms with Crippen molar-refractivity contribution in [3.8, 4) is 5.75 Å². The highest BCUT2D eigenvalue weighted by atomic mass is 16.5. The summed E-state index contributed by atoms with van der Waals surface area (Å²) in [6.07, 6.45) is 6.35. The number of aromatic carboxylic acids is 1. The molecule has 0 radical (unpaired) electrons. The molecule has 0 saturated heterocycles. The Bertz CT molecular complexity index is 455. The molecule has 0 unspecified atom stereocenters. The van der Waals surface area contributed by atoms with Gasteiger partial charge in [-0.1, -0.05) is 25.8 Å². The number of benzene rings is 1. The van der Waals surface area contributed by atoms with E-state index in [0.29, 0.717) is 12.4 Å². The SMILES string of the molecule is CCN(CCCOc1cccc(C(=O)O)c1)C1CCCC1. The minimum absolute atomic E-state index is 0.272. The first-order valence-corrected chi connectivity index (χ1v) is 7.91. The molecule has 0 spiro atoms. The third-order valence-corrected chi connectivity index (χ3v) is 4.19. The van der Waals surface area contributed by atoms with Gasteiger partial charge in [0.15, 0.2) is 0 Å². The van der Waals surface area contributed by atoms with E-state index in [1.807, 2.05) is 0 Å². The Kier molecular flexibility index (Phi) is 6.05. The minimum Gasteiger partial charge on any atom is -0.494 e. The quantitative estimate of drug-likeness (QED) is 0.746. The maximum Gasteiger partial charge on any atom is 0.335 e. The number of carbonyl (C=O) groups is 1. The Balaban J connectivity index is 1.73. The van der Waals surface area contributed by atoms with Crippen molar-refractivity contribution in [2.24, 2.45) is 0 Å². The number of ether oxygens (including phenoxy) is 1. The van der Waals surface area contributed by atoms with Gasteiger partial charge in [-0.25, -0.2) is 4.79 Å². The molecule has 0 bridgehead atoms. The molecule has 1 aliphatic carbocycles. The summed E-state index contributed by atoms with van der Waals surface area (Å²) >= 11 is 0. The van der Waals surface area contributed by atoms with E-state index in [1.165, 1.54) is 25.7 Å². The van der Waals surface area contributed by atoms with Crippen molar-refractivity contribution >= 4 is 5.97 Å². The van der Waals surface area contributed by atoms with Crippen LogP contribution in [0.4, 0.5) is 0 Å². The summed E-state index contributed by atoms with van der Waals surface area (Å²) in [5, 5.41) is 8.94. The highest BCUT2D eigenvalue weighted by Gasteiger charge is 2.20. The average Bonchev–Trinajstić information content (AvgIpc) is 3.02. The van der Waals surface area contributed by atoms with E-state index in [9.17, 15) is 4.79 Å². The lowest BCUT2D eigenvalue weighted by molar-refractivity contribution is 0.0696. The van der Waals surface area contributed by atoms with E-state index < -0.39 is 5.97 Å². The molecule has 1 saturated carbocycles. The molecule has 1 fully saturated rings. The molecule has 0 heterocycles. The van der Waals surface area contributed by atoms with E-state index in [0.717, 1.165) is 25.6 Å². The number of carboxylic acids is 1. The van der Waals surface area contributed by atoms with E-state index in [4.69, 9.17) is 9.84 Å². The van der Waals surface area contributed by atoms with Crippen molar-refractivity contribution in [3.63, 3.8) is 0 Å². The zero-order chi connectivity index (χ0) is 15.1. The minimum atomic E-state index is -0.918. The van der Waals surface area contributed by atoms with Crippen LogP contribution in [0.25, 0.3) is 0 Å². The molecule has 4 heteroatoms. The second-order valence-electron chi connectivity index (χ2n) is 5.60. The second kappa shape index (κ2) is 8.03. The van der Waals surface area contributed by atoms with Crippen molar-refractivity contribution in [2.45, 2.75) is 45.1 Å². The third-order valence-electron chi connectivity index (χ3n) is 4.19. The van der Waals surface area contributed by atoms with E-state index in [1.54, 1.807) is 24.3 Å². The molecule has 1 aromatic carbocycles. The summed E-state index contributed by atoms with van der Waals surface area (Å²) in [6.45, 7) is 5.00. The Labute approximate surface area is 126 Å². The Morgan fingerprint density at radius 1 is 1.38 bits per heavy atom. The van der Waals surface area contributed by atoms with Gasteiger partial charge in [0.25, 0.3) is 0 Å². The van der Waals surface area contributed by atoms with E-state index in [-0.39, 0.29) is 5.56 Å². The summed E-state index contributed by atoms with van der Waals surface area (Å²) in [5.41, 5.74) is 0.272. The molecular weight excluding hydrogens is 266 g/mol. The van der Waals surface area contributed by atoms with Gasteiger partial charge in [-0.15, -0.1) is 0 Å². The van der Waals surface area contributed by atoms with Crippen molar-refractivity contribution in [1.82, 2.24) is 4.90 Å². The average molecular weight is 291 g/mol. The van der Waals surface area contributed by atoms with Gasteiger partial charge in [0.1, 0.15) is 5.75 Å². The highest BCUT2D eigenvalue weighted by molar-refractivity contribution is 5.87. The standard InChI is InChI=1S/C17H25NO3/c1-2-18(15-8-3-4-9-15)11-6-12-21-16-10-5-7-14(13-16)17(19)20/h5,7,10,13,15H,2-4,6,8-9,11-12H2,1H3,(H,19,20). The summed E-state index contributed by atoms with van der Waals surface area (Å²) in [4.78, 5) is 13.4. The maximum absolute atomic E-state index is 10.9. The first-order valence-electron chi connectivity index (χ1n) is 7.91. The number of hydrogen-bond acceptors (Lipinski definition) is 3. The lowest BCUT2D eigenvalue weighted by atomic mass is 10.2. The Morgan fingerprint density at radius 2 is 2.14 bits per heavy atom. The van der Waals surface area contributed by atoms with Crippen LogP contribution in [0.1, 0.15) is 49.4 Å². The fourth-order valence-electron chi connectivity index (χ4n) is 3.04. The first-order chi connectivity index (χ1) is 10.2. The molecule has 21 heavy (non-hydrogen) atoms. The van der Waals surface area contributed by atoms with Gasteiger partial charge in [0.2, 0.25) is 0 Å². The summed E-state index contributed by atoms with van der Waals surface area (Å²) in [6, 6.07) is 7.44. The molecule has 1 aliphatic rings. The topological polar surface area (TPSA) is 49.8 Å². The fraction of sp³-hybridized carbons (Fsp3) is 0.588. The third kappa shape index (κ3) is 4.74. The van der Waals surface area contributed by atoms with Crippen LogP contribution >= 0.6 is 0 Å². The van der Waals surface area contributed by atoms with Gasteiger partial charge in [0.05, 0.1) is 12.2 Å². The predicted molar refractivity (Wildman–Crippen MR) is 83.0 cm³/mol. The van der Waals surface area contributed by atoms with Crippen LogP contribution < -0.4 is 4.74 Å². The van der Waals surface area contributed by atoms with Crippen molar-refractivity contribution in [3.05, 3.63) is 29.8 Å². The molecule has 0 aromatic heterocycles. The second-order valence-corrected chi connectivity index (χ2v) is 5.60. The van der Waals surface area contributed by atoms with Crippen molar-refractivity contribution in [1.29, 1.82) is 0 Å². The number of rotatable bonds is 8. The molecule has 0 amide bonds. The highest BCUT2D eigenvalue weighted by Crippen LogP contribution is 2.23. The summed E-state index contributed by atoms with van der Waals surface area (Å²) < 4.78 is 5.66. The van der Waals surface area contributed by atoms with Gasteiger partial charge >= 0.3 is 5.97 Å². The molecule has 4 nitrogen and oxygen atoms in total. The van der Waals surface area contributed by atoms with Gasteiger partial charge < -0.3 is 14.7 Å². The van der Waals surface area contributed by atoms with Gasteiger partial charge in [-0.3, -0.25) is 0 Å². The Morgan fingerprint density at radius 3 is 2.81 bits per heavy atom. The van der Waals surface area contributed by atoms with Crippen LogP contribution in [0.2, 0.25) is 0 Å². The lowest BCUT2D eigenvalue weighted by Gasteiger charge is -2.27. The van der Waals surface area contributed by atoms with Crippen LogP contribution in [0.5, 0.6) is 5.75 Å². The lowest BCUT2D eigenvalue weighted by Crippen LogP contribution is -2.34. The van der Waals surface area contributed by atoms with Crippen molar-refractivity contribution < 1.29 is 14.6 Å². The normalized spacial score (nSPS) is 15.5. The molecule has 0 aliphatic heterocycles. The first kappa shape index (κ1) is 15.8. The zero-order valence-corrected chi connectivity index (χ0v) is 12.8. The number of carboxylic acid groups (broad SMARTS) is 1. The number of nitrogens with zero attached hydrogens (tertiary/aromatic N) is 1. The summed E-state index contributed by atoms with van der Waals surface area (Å²) in [7, 11) is 0. The van der Waals surface area contributed by atoms with Gasteiger partial charge in [-0.05, 0) is 44.0 Å². The monoisotopic (exact) mass is 291 g/mol. The molecule has 1 aromatic rings.